The molecule has 0 radical (unpaired) electrons. The molecule has 0 bridgehead atoms. The molecule has 3 aromatic heterocycles. The van der Waals surface area contributed by atoms with Crippen LogP contribution in [0.4, 0.5) is 22.0 Å². The van der Waals surface area contributed by atoms with E-state index < -0.39 is 0 Å². The summed E-state index contributed by atoms with van der Waals surface area (Å²) in [5.41, 5.74) is 2.81. The molecule has 0 unspecified atom stereocenters. The van der Waals surface area contributed by atoms with E-state index in [0.29, 0.717) is 38.5 Å². The third kappa shape index (κ3) is 3.40. The number of anilines is 3. The number of hydrogen-bond donors (Lipinski definition) is 2. The summed E-state index contributed by atoms with van der Waals surface area (Å²) in [6.07, 6.45) is 6.32. The van der Waals surface area contributed by atoms with E-state index in [1.165, 1.54) is 22.6 Å². The van der Waals surface area contributed by atoms with Crippen LogP contribution in [0.5, 0.6) is 0 Å². The number of urea groups is 1. The molecular weight excluding hydrogens is 448 g/mol. The van der Waals surface area contributed by atoms with Gasteiger partial charge in [0.25, 0.3) is 5.91 Å². The Kier molecular flexibility index (Phi) is 4.99. The monoisotopic (exact) mass is 470 g/mol. The zero-order valence-electron chi connectivity index (χ0n) is 18.5. The molecule has 1 fully saturated rings. The Labute approximate surface area is 200 Å². The Morgan fingerprint density at radius 1 is 1.15 bits per heavy atom. The highest BCUT2D eigenvalue weighted by atomic mass is 32.1. The van der Waals surface area contributed by atoms with Crippen LogP contribution in [0.3, 0.4) is 0 Å². The number of carbonyl (C=O) groups excluding carboxylic acids is 2. The van der Waals surface area contributed by atoms with Crippen molar-refractivity contribution in [1.82, 2.24) is 20.3 Å². The molecular formula is C25H22N6O2S. The van der Waals surface area contributed by atoms with Crippen molar-refractivity contribution < 1.29 is 9.59 Å². The predicted molar refractivity (Wildman–Crippen MR) is 133 cm³/mol. The number of pyridine rings is 1. The number of rotatable bonds is 4. The standard InChI is InChI=1S/C25H22N6O2S/c1-14-6-5-9-16(14)29-23(32)22-21-20-18(10-11-26-24(20)34-22)31(25(33)30-21)19-12-17(27-13-28-19)15-7-3-2-4-8-15/h2-4,7-8,10-14,16H,5-6,9H2,1H3,(H,29,32)(H,30,33)/t14-,16+/m0/s1. The quantitative estimate of drug-likeness (QED) is 0.418. The minimum absolute atomic E-state index is 0.158. The zero-order chi connectivity index (χ0) is 23.2. The maximum atomic E-state index is 13.3. The van der Waals surface area contributed by atoms with Gasteiger partial charge in [-0.2, -0.15) is 0 Å². The molecule has 1 saturated carbocycles. The number of carbonyl (C=O) groups is 2. The second-order valence-electron chi connectivity index (χ2n) is 8.70. The number of nitrogens with zero attached hydrogens (tertiary/aromatic N) is 4. The highest BCUT2D eigenvalue weighted by Gasteiger charge is 2.34. The summed E-state index contributed by atoms with van der Waals surface area (Å²) in [6.45, 7) is 2.16. The lowest BCUT2D eigenvalue weighted by atomic mass is 10.1. The fourth-order valence-electron chi connectivity index (χ4n) is 4.80. The summed E-state index contributed by atoms with van der Waals surface area (Å²) in [7, 11) is 0. The van der Waals surface area contributed by atoms with Crippen molar-refractivity contribution >= 4 is 50.7 Å². The highest BCUT2D eigenvalue weighted by Crippen LogP contribution is 2.45. The van der Waals surface area contributed by atoms with Gasteiger partial charge in [0.2, 0.25) is 0 Å². The number of amides is 3. The first-order valence-corrected chi connectivity index (χ1v) is 12.1. The summed E-state index contributed by atoms with van der Waals surface area (Å²) in [4.78, 5) is 42.4. The SMILES string of the molecule is C[C@H]1CCC[C@H]1NC(=O)c1sc2nccc3c2c1NC(=O)N3c1cc(-c2ccccc2)ncn1. The van der Waals surface area contributed by atoms with E-state index in [2.05, 4.69) is 32.5 Å². The average molecular weight is 471 g/mol. The maximum absolute atomic E-state index is 13.3. The summed E-state index contributed by atoms with van der Waals surface area (Å²) in [5, 5.41) is 6.85. The normalized spacial score (nSPS) is 19.3. The summed E-state index contributed by atoms with van der Waals surface area (Å²) in [5.74, 6) is 0.733. The third-order valence-corrected chi connectivity index (χ3v) is 7.68. The van der Waals surface area contributed by atoms with E-state index in [1.807, 2.05) is 30.3 Å². The summed E-state index contributed by atoms with van der Waals surface area (Å²) >= 11 is 1.30. The van der Waals surface area contributed by atoms with Gasteiger partial charge >= 0.3 is 6.03 Å². The van der Waals surface area contributed by atoms with E-state index in [-0.39, 0.29) is 18.0 Å². The molecule has 4 heterocycles. The lowest BCUT2D eigenvalue weighted by Crippen LogP contribution is -2.38. The van der Waals surface area contributed by atoms with E-state index in [0.717, 1.165) is 30.2 Å². The number of aromatic nitrogens is 3. The van der Waals surface area contributed by atoms with Crippen molar-refractivity contribution in [1.29, 1.82) is 0 Å². The molecule has 3 amide bonds. The smallest absolute Gasteiger partial charge is 0.332 e. The molecule has 2 atom stereocenters. The van der Waals surface area contributed by atoms with Crippen LogP contribution in [0.25, 0.3) is 21.5 Å². The number of thiophene rings is 1. The first-order chi connectivity index (χ1) is 16.6. The van der Waals surface area contributed by atoms with Crippen LogP contribution in [0.15, 0.2) is 55.0 Å². The molecule has 34 heavy (non-hydrogen) atoms. The van der Waals surface area contributed by atoms with Crippen LogP contribution in [-0.2, 0) is 0 Å². The molecule has 1 aromatic carbocycles. The molecule has 2 N–H and O–H groups in total. The van der Waals surface area contributed by atoms with Gasteiger partial charge in [-0.05, 0) is 24.8 Å². The molecule has 4 aromatic rings. The molecule has 8 nitrogen and oxygen atoms in total. The van der Waals surface area contributed by atoms with Gasteiger partial charge in [0.1, 0.15) is 21.9 Å². The molecule has 0 spiro atoms. The summed E-state index contributed by atoms with van der Waals surface area (Å²) < 4.78 is 0. The zero-order valence-corrected chi connectivity index (χ0v) is 19.3. The van der Waals surface area contributed by atoms with Gasteiger partial charge in [0, 0.05) is 23.9 Å². The Morgan fingerprint density at radius 3 is 2.79 bits per heavy atom. The second-order valence-corrected chi connectivity index (χ2v) is 9.70. The van der Waals surface area contributed by atoms with E-state index in [1.54, 1.807) is 18.3 Å². The number of hydrogen-bond acceptors (Lipinski definition) is 6. The number of benzene rings is 1. The van der Waals surface area contributed by atoms with Gasteiger partial charge in [0.05, 0.1) is 22.5 Å². The number of nitrogens with one attached hydrogen (secondary N) is 2. The summed E-state index contributed by atoms with van der Waals surface area (Å²) in [6, 6.07) is 13.1. The molecule has 0 saturated heterocycles. The molecule has 170 valence electrons. The minimum Gasteiger partial charge on any atom is -0.348 e. The van der Waals surface area contributed by atoms with Crippen LogP contribution in [-0.4, -0.2) is 32.9 Å². The van der Waals surface area contributed by atoms with Crippen LogP contribution in [0.1, 0.15) is 35.9 Å². The van der Waals surface area contributed by atoms with Gasteiger partial charge in [-0.1, -0.05) is 43.7 Å². The van der Waals surface area contributed by atoms with Gasteiger partial charge in [-0.25, -0.2) is 24.6 Å². The van der Waals surface area contributed by atoms with Crippen molar-refractivity contribution in [2.24, 2.45) is 5.92 Å². The molecule has 2 aliphatic rings. The van der Waals surface area contributed by atoms with Gasteiger partial charge in [0.15, 0.2) is 0 Å². The van der Waals surface area contributed by atoms with Crippen molar-refractivity contribution in [2.45, 2.75) is 32.2 Å². The van der Waals surface area contributed by atoms with Crippen molar-refractivity contribution in [3.8, 4) is 11.3 Å². The van der Waals surface area contributed by atoms with Gasteiger partial charge < -0.3 is 10.6 Å². The lowest BCUT2D eigenvalue weighted by molar-refractivity contribution is 0.0934. The largest absolute Gasteiger partial charge is 0.348 e. The molecule has 1 aliphatic heterocycles. The Hall–Kier alpha value is -3.85. The minimum atomic E-state index is -0.376. The maximum Gasteiger partial charge on any atom is 0.332 e. The van der Waals surface area contributed by atoms with Crippen LogP contribution in [0, 0.1) is 5.92 Å². The average Bonchev–Trinajstić information content (AvgIpc) is 3.44. The topological polar surface area (TPSA) is 100 Å². The first kappa shape index (κ1) is 20.7. The third-order valence-electron chi connectivity index (χ3n) is 6.58. The fourth-order valence-corrected chi connectivity index (χ4v) is 5.82. The Morgan fingerprint density at radius 2 is 2.00 bits per heavy atom. The van der Waals surface area contributed by atoms with Gasteiger partial charge in [-0.15, -0.1) is 11.3 Å². The van der Waals surface area contributed by atoms with Crippen LogP contribution >= 0.6 is 11.3 Å². The van der Waals surface area contributed by atoms with Crippen molar-refractivity contribution in [3.63, 3.8) is 0 Å². The predicted octanol–water partition coefficient (Wildman–Crippen LogP) is 5.36. The van der Waals surface area contributed by atoms with E-state index in [4.69, 9.17) is 0 Å². The van der Waals surface area contributed by atoms with Crippen LogP contribution in [0.2, 0.25) is 0 Å². The Balaban J connectivity index is 1.41. The van der Waals surface area contributed by atoms with Crippen molar-refractivity contribution in [3.05, 3.63) is 59.9 Å². The molecule has 9 heteroatoms. The van der Waals surface area contributed by atoms with E-state index >= 15 is 0 Å². The Bertz CT molecular complexity index is 1420. The molecule has 6 rings (SSSR count). The van der Waals surface area contributed by atoms with Crippen LogP contribution < -0.4 is 15.5 Å². The fraction of sp³-hybridized carbons (Fsp3) is 0.240. The first-order valence-electron chi connectivity index (χ1n) is 11.3. The highest BCUT2D eigenvalue weighted by molar-refractivity contribution is 7.21. The second kappa shape index (κ2) is 8.18. The van der Waals surface area contributed by atoms with Gasteiger partial charge in [-0.3, -0.25) is 4.79 Å². The van der Waals surface area contributed by atoms with E-state index in [9.17, 15) is 9.59 Å². The molecule has 1 aliphatic carbocycles. The lowest BCUT2D eigenvalue weighted by Gasteiger charge is -2.27. The van der Waals surface area contributed by atoms with Crippen molar-refractivity contribution in [2.75, 3.05) is 10.2 Å².